The summed E-state index contributed by atoms with van der Waals surface area (Å²) in [6.45, 7) is 1.79. The summed E-state index contributed by atoms with van der Waals surface area (Å²) in [7, 11) is 0. The van der Waals surface area contributed by atoms with Crippen LogP contribution in [-0.2, 0) is 0 Å². The molecule has 0 radical (unpaired) electrons. The summed E-state index contributed by atoms with van der Waals surface area (Å²) in [5.74, 6) is -2.36. The molecule has 0 amide bonds. The lowest BCUT2D eigenvalue weighted by molar-refractivity contribution is 0.0696. The molecule has 3 rings (SSSR count). The number of carboxylic acid groups (broad SMARTS) is 2. The molecule has 8 heteroatoms. The van der Waals surface area contributed by atoms with Crippen molar-refractivity contribution in [3.8, 4) is 11.1 Å². The molecule has 3 aromatic carbocycles. The number of halogens is 1. The van der Waals surface area contributed by atoms with Gasteiger partial charge in [-0.2, -0.15) is 0 Å². The lowest BCUT2D eigenvalue weighted by atomic mass is 9.97. The Morgan fingerprint density at radius 1 is 0.909 bits per heavy atom. The van der Waals surface area contributed by atoms with Crippen LogP contribution in [0.4, 0.5) is 5.69 Å². The first-order chi connectivity index (χ1) is 15.8. The Bertz CT molecular complexity index is 1140. The van der Waals surface area contributed by atoms with Crippen LogP contribution in [0.1, 0.15) is 38.8 Å². The second-order valence-electron chi connectivity index (χ2n) is 7.51. The highest BCUT2D eigenvalue weighted by atomic mass is 35.5. The van der Waals surface area contributed by atoms with E-state index < -0.39 is 18.0 Å². The Labute approximate surface area is 196 Å². The summed E-state index contributed by atoms with van der Waals surface area (Å²) >= 11 is 5.95. The molecule has 0 heterocycles. The maximum Gasteiger partial charge on any atom is 0.336 e. The van der Waals surface area contributed by atoms with Crippen molar-refractivity contribution in [2.45, 2.75) is 12.5 Å². The highest BCUT2D eigenvalue weighted by Crippen LogP contribution is 2.27. The average Bonchev–Trinajstić information content (AvgIpc) is 2.80. The van der Waals surface area contributed by atoms with Crippen molar-refractivity contribution < 1.29 is 24.9 Å². The number of rotatable bonds is 11. The summed E-state index contributed by atoms with van der Waals surface area (Å²) in [6, 6.07) is 18.5. The van der Waals surface area contributed by atoms with Crippen molar-refractivity contribution >= 4 is 29.2 Å². The summed E-state index contributed by atoms with van der Waals surface area (Å²) in [4.78, 5) is 22.8. The number of hydrogen-bond acceptors (Lipinski definition) is 5. The topological polar surface area (TPSA) is 119 Å². The van der Waals surface area contributed by atoms with E-state index in [2.05, 4.69) is 10.6 Å². The average molecular weight is 469 g/mol. The Hall–Kier alpha value is -3.39. The van der Waals surface area contributed by atoms with E-state index in [1.807, 2.05) is 24.3 Å². The van der Waals surface area contributed by atoms with E-state index in [9.17, 15) is 19.8 Å². The van der Waals surface area contributed by atoms with Gasteiger partial charge in [0.25, 0.3) is 0 Å². The summed E-state index contributed by atoms with van der Waals surface area (Å²) in [5, 5.41) is 36.0. The molecule has 0 bridgehead atoms. The number of aliphatic hydroxyl groups excluding tert-OH is 1. The SMILES string of the molecule is O=C(O)c1ccc(-c2cccc(NCCCNCC(O)c3cccc(Cl)c3)c2)c(C(=O)O)c1. The summed E-state index contributed by atoms with van der Waals surface area (Å²) in [5.41, 5.74) is 2.59. The van der Waals surface area contributed by atoms with E-state index in [1.54, 1.807) is 24.3 Å². The monoisotopic (exact) mass is 468 g/mol. The van der Waals surface area contributed by atoms with Crippen LogP contribution in [0.25, 0.3) is 11.1 Å². The van der Waals surface area contributed by atoms with E-state index >= 15 is 0 Å². The molecular formula is C25H25ClN2O5. The van der Waals surface area contributed by atoms with Crippen molar-refractivity contribution in [3.63, 3.8) is 0 Å². The zero-order valence-corrected chi connectivity index (χ0v) is 18.5. The molecule has 0 aromatic heterocycles. The summed E-state index contributed by atoms with van der Waals surface area (Å²) < 4.78 is 0. The van der Waals surface area contributed by atoms with E-state index in [-0.39, 0.29) is 11.1 Å². The quantitative estimate of drug-likeness (QED) is 0.262. The fraction of sp³-hybridized carbons (Fsp3) is 0.200. The molecule has 0 saturated heterocycles. The van der Waals surface area contributed by atoms with Gasteiger partial charge in [-0.3, -0.25) is 0 Å². The fourth-order valence-electron chi connectivity index (χ4n) is 3.42. The smallest absolute Gasteiger partial charge is 0.336 e. The maximum atomic E-state index is 11.6. The van der Waals surface area contributed by atoms with Gasteiger partial charge in [-0.1, -0.05) is 41.9 Å². The third kappa shape index (κ3) is 6.79. The third-order valence-electron chi connectivity index (χ3n) is 5.10. The molecule has 0 aliphatic heterocycles. The van der Waals surface area contributed by atoms with Crippen molar-refractivity contribution in [2.24, 2.45) is 0 Å². The third-order valence-corrected chi connectivity index (χ3v) is 5.34. The molecule has 1 unspecified atom stereocenters. The molecule has 5 N–H and O–H groups in total. The molecule has 0 saturated carbocycles. The molecule has 0 fully saturated rings. The number of aliphatic hydroxyl groups is 1. The van der Waals surface area contributed by atoms with Crippen molar-refractivity contribution in [1.29, 1.82) is 0 Å². The second-order valence-corrected chi connectivity index (χ2v) is 7.94. The van der Waals surface area contributed by atoms with Crippen LogP contribution in [0.2, 0.25) is 5.02 Å². The van der Waals surface area contributed by atoms with Gasteiger partial charge in [0.15, 0.2) is 0 Å². The predicted octanol–water partition coefficient (Wildman–Crippen LogP) is 4.53. The van der Waals surface area contributed by atoms with Crippen molar-refractivity contribution in [3.05, 3.63) is 88.4 Å². The second kappa shape index (κ2) is 11.5. The standard InChI is InChI=1S/C25H25ClN2O5/c26-19-6-1-5-17(12-19)23(29)15-27-10-3-11-28-20-7-2-4-16(13-20)21-9-8-18(24(30)31)14-22(21)25(32)33/h1-2,4-9,12-14,23,27-29H,3,10-11,15H2,(H,30,31)(H,32,33). The number of carboxylic acids is 2. The zero-order chi connectivity index (χ0) is 23.8. The zero-order valence-electron chi connectivity index (χ0n) is 17.8. The predicted molar refractivity (Wildman–Crippen MR) is 128 cm³/mol. The first-order valence-electron chi connectivity index (χ1n) is 10.4. The normalized spacial score (nSPS) is 11.7. The van der Waals surface area contributed by atoms with Gasteiger partial charge >= 0.3 is 11.9 Å². The Kier molecular flexibility index (Phi) is 8.43. The van der Waals surface area contributed by atoms with Gasteiger partial charge < -0.3 is 26.0 Å². The maximum absolute atomic E-state index is 11.6. The van der Waals surface area contributed by atoms with Gasteiger partial charge in [-0.15, -0.1) is 0 Å². The number of anilines is 1. The molecule has 172 valence electrons. The van der Waals surface area contributed by atoms with Gasteiger partial charge in [0.1, 0.15) is 0 Å². The van der Waals surface area contributed by atoms with Crippen molar-refractivity contribution in [2.75, 3.05) is 25.0 Å². The number of aromatic carboxylic acids is 2. The van der Waals surface area contributed by atoms with E-state index in [4.69, 9.17) is 16.7 Å². The van der Waals surface area contributed by atoms with E-state index in [1.165, 1.54) is 18.2 Å². The fourth-order valence-corrected chi connectivity index (χ4v) is 3.62. The van der Waals surface area contributed by atoms with Gasteiger partial charge in [0.05, 0.1) is 17.2 Å². The van der Waals surface area contributed by atoms with Gasteiger partial charge in [-0.05, 0) is 66.1 Å². The first-order valence-corrected chi connectivity index (χ1v) is 10.8. The van der Waals surface area contributed by atoms with Crippen LogP contribution in [0.15, 0.2) is 66.7 Å². The minimum Gasteiger partial charge on any atom is -0.478 e. The lowest BCUT2D eigenvalue weighted by Gasteiger charge is -2.13. The van der Waals surface area contributed by atoms with Crippen molar-refractivity contribution in [1.82, 2.24) is 5.32 Å². The van der Waals surface area contributed by atoms with E-state index in [0.29, 0.717) is 35.8 Å². The van der Waals surface area contributed by atoms with Crippen LogP contribution < -0.4 is 10.6 Å². The van der Waals surface area contributed by atoms with Gasteiger partial charge in [0.2, 0.25) is 0 Å². The Morgan fingerprint density at radius 3 is 2.42 bits per heavy atom. The van der Waals surface area contributed by atoms with Gasteiger partial charge in [-0.25, -0.2) is 9.59 Å². The van der Waals surface area contributed by atoms with Gasteiger partial charge in [0, 0.05) is 23.8 Å². The molecule has 0 aliphatic rings. The first kappa shape index (κ1) is 24.3. The summed E-state index contributed by atoms with van der Waals surface area (Å²) in [6.07, 6.45) is 0.171. The van der Waals surface area contributed by atoms with Crippen LogP contribution in [-0.4, -0.2) is 46.9 Å². The Morgan fingerprint density at radius 2 is 1.70 bits per heavy atom. The highest BCUT2D eigenvalue weighted by molar-refractivity contribution is 6.30. The largest absolute Gasteiger partial charge is 0.478 e. The van der Waals surface area contributed by atoms with Crippen LogP contribution >= 0.6 is 11.6 Å². The minimum absolute atomic E-state index is 0.0606. The van der Waals surface area contributed by atoms with Crippen LogP contribution in [0.5, 0.6) is 0 Å². The molecule has 0 spiro atoms. The van der Waals surface area contributed by atoms with E-state index in [0.717, 1.165) is 17.7 Å². The van der Waals surface area contributed by atoms with Crippen LogP contribution in [0, 0.1) is 0 Å². The molecule has 1 atom stereocenters. The molecule has 7 nitrogen and oxygen atoms in total. The number of benzene rings is 3. The number of nitrogens with one attached hydrogen (secondary N) is 2. The molecule has 33 heavy (non-hydrogen) atoms. The highest BCUT2D eigenvalue weighted by Gasteiger charge is 2.15. The molecule has 0 aliphatic carbocycles. The molecule has 3 aromatic rings. The lowest BCUT2D eigenvalue weighted by Crippen LogP contribution is -2.24. The van der Waals surface area contributed by atoms with Crippen LogP contribution in [0.3, 0.4) is 0 Å². The molecular weight excluding hydrogens is 444 g/mol. The number of hydrogen-bond donors (Lipinski definition) is 5. The Balaban J connectivity index is 1.53. The number of carbonyl (C=O) groups is 2. The minimum atomic E-state index is -1.18.